The zero-order valence-electron chi connectivity index (χ0n) is 65.6. The van der Waals surface area contributed by atoms with Gasteiger partial charge in [0.2, 0.25) is 0 Å². The molecule has 0 aliphatic rings. The van der Waals surface area contributed by atoms with Crippen molar-refractivity contribution >= 4 is 194 Å². The molecule has 0 bridgehead atoms. The molecule has 552 valence electrons. The van der Waals surface area contributed by atoms with Crippen LogP contribution in [0.15, 0.2) is 437 Å². The zero-order chi connectivity index (χ0) is 78.6. The Morgan fingerprint density at radius 3 is 0.608 bits per heavy atom. The van der Waals surface area contributed by atoms with Crippen LogP contribution in [0.25, 0.3) is 261 Å². The second kappa shape index (κ2) is 27.0. The lowest BCUT2D eigenvalue weighted by molar-refractivity contribution is 1.67. The van der Waals surface area contributed by atoms with Crippen LogP contribution in [-0.2, 0) is 0 Å². The molecule has 26 rings (SSSR count). The van der Waals surface area contributed by atoms with E-state index in [9.17, 15) is 0 Å². The Labute approximate surface area is 692 Å². The van der Waals surface area contributed by atoms with E-state index < -0.39 is 0 Å². The molecule has 26 aromatic rings. The average molecular weight is 1510 g/mol. The van der Waals surface area contributed by atoms with Gasteiger partial charge in [0.15, 0.2) is 0 Å². The molecule has 0 heteroatoms. The smallest absolute Gasteiger partial charge is 0.00261 e. The molecule has 0 unspecified atom stereocenters. The van der Waals surface area contributed by atoms with Crippen LogP contribution in [0.1, 0.15) is 0 Å². The lowest BCUT2D eigenvalue weighted by atomic mass is 9.84. The number of benzene rings is 26. The highest BCUT2D eigenvalue weighted by molar-refractivity contribution is 6.32. The van der Waals surface area contributed by atoms with Crippen LogP contribution in [0.3, 0.4) is 0 Å². The first kappa shape index (κ1) is 67.7. The topological polar surface area (TPSA) is 0 Å². The van der Waals surface area contributed by atoms with Crippen molar-refractivity contribution in [1.29, 1.82) is 0 Å². The molecule has 0 N–H and O–H groups in total. The SMILES string of the molecule is c1ccc2c(-c3ccc4c5ccccc5c5ccccc5c4c3)c3ccccc3c(-c3ccc4ccc(-c5ccc6c7ccccc7c7ccccc7c6c5)cc4c3)c2c1.c1ccc2c(c1)ccc1c3ccccc3c(-c3ccc4ccc(-c5c6ccccc6c(-c6ccc7c8ccccc8c8ccccc8c7c6)c6ccccc56)cc4c3)cc21. The molecule has 0 spiro atoms. The molecule has 26 aromatic carbocycles. The van der Waals surface area contributed by atoms with E-state index in [1.807, 2.05) is 0 Å². The van der Waals surface area contributed by atoms with Crippen LogP contribution in [-0.4, -0.2) is 0 Å². The number of hydrogen-bond donors (Lipinski definition) is 0. The number of rotatable bonds is 6. The molecule has 0 saturated heterocycles. The minimum absolute atomic E-state index is 1.22. The maximum Gasteiger partial charge on any atom is -0.00261 e. The first-order valence-corrected chi connectivity index (χ1v) is 41.8. The second-order valence-corrected chi connectivity index (χ2v) is 32.6. The summed E-state index contributed by atoms with van der Waals surface area (Å²) in [6.45, 7) is 0. The fourth-order valence-corrected chi connectivity index (χ4v) is 21.0. The van der Waals surface area contributed by atoms with Crippen molar-refractivity contribution in [3.8, 4) is 66.8 Å². The highest BCUT2D eigenvalue weighted by atomic mass is 14.3. The Kier molecular flexibility index (Phi) is 15.2. The van der Waals surface area contributed by atoms with Gasteiger partial charge in [0.25, 0.3) is 0 Å². The third-order valence-corrected chi connectivity index (χ3v) is 26.3. The third-order valence-electron chi connectivity index (χ3n) is 26.3. The molecule has 0 heterocycles. The highest BCUT2D eigenvalue weighted by Crippen LogP contribution is 2.51. The Bertz CT molecular complexity index is 8700. The molecule has 0 aliphatic carbocycles. The van der Waals surface area contributed by atoms with Crippen LogP contribution in [0.5, 0.6) is 0 Å². The van der Waals surface area contributed by atoms with Gasteiger partial charge in [-0.1, -0.05) is 388 Å². The van der Waals surface area contributed by atoms with Crippen LogP contribution in [0.4, 0.5) is 0 Å². The van der Waals surface area contributed by atoms with Crippen molar-refractivity contribution in [1.82, 2.24) is 0 Å². The van der Waals surface area contributed by atoms with E-state index in [2.05, 4.69) is 437 Å². The van der Waals surface area contributed by atoms with Gasteiger partial charge in [-0.15, -0.1) is 0 Å². The molecule has 0 saturated carbocycles. The second-order valence-electron chi connectivity index (χ2n) is 32.6. The van der Waals surface area contributed by atoms with Gasteiger partial charge in [-0.05, 0) is 309 Å². The van der Waals surface area contributed by atoms with Crippen molar-refractivity contribution < 1.29 is 0 Å². The van der Waals surface area contributed by atoms with Crippen LogP contribution in [0, 0.1) is 0 Å². The van der Waals surface area contributed by atoms with Gasteiger partial charge in [0.05, 0.1) is 0 Å². The maximum absolute atomic E-state index is 2.44. The monoisotopic (exact) mass is 1510 g/mol. The standard InChI is InChI=1S/2C60H36/c1-3-17-47-43(13-1)45-15-5-7-19-49(45)57-35-39(29-31-51(47)57)38-27-25-37-26-28-40(34-42(37)33-38)59-53-21-9-11-23-55(53)60(56-24-12-10-22-54(56)59)41-30-32-52-48-18-4-2-14-44(48)46-16-6-8-20-50(46)58(52)36-41;1-2-14-43-38(13-1)29-31-51-47-18-5-7-19-48(47)56(36-58(43)51)39-27-25-37-26-28-40(34-42(37)33-39)59-52-21-9-11-23-54(52)60(55-24-12-10-22-53(55)59)41-30-32-50-46-17-4-3-15-44(46)45-16-6-8-20-49(45)57(50)35-41/h2*1-36H. The van der Waals surface area contributed by atoms with Crippen LogP contribution in [0.2, 0.25) is 0 Å². The summed E-state index contributed by atoms with van der Waals surface area (Å²) in [4.78, 5) is 0. The molecule has 0 fully saturated rings. The molecular weight excluding hydrogens is 1440 g/mol. The predicted octanol–water partition coefficient (Wildman–Crippen LogP) is 34.1. The van der Waals surface area contributed by atoms with Gasteiger partial charge in [-0.2, -0.15) is 0 Å². The zero-order valence-corrected chi connectivity index (χ0v) is 65.6. The Balaban J connectivity index is 0.000000133. The van der Waals surface area contributed by atoms with E-state index in [0.29, 0.717) is 0 Å². The minimum Gasteiger partial charge on any atom is -0.0616 e. The molecular formula is C120H72. The fourth-order valence-electron chi connectivity index (χ4n) is 21.0. The van der Waals surface area contributed by atoms with Gasteiger partial charge in [-0.3, -0.25) is 0 Å². The van der Waals surface area contributed by atoms with Crippen molar-refractivity contribution in [3.63, 3.8) is 0 Å². The Morgan fingerprint density at radius 2 is 0.267 bits per heavy atom. The van der Waals surface area contributed by atoms with E-state index in [1.165, 1.54) is 261 Å². The van der Waals surface area contributed by atoms with Gasteiger partial charge in [0, 0.05) is 0 Å². The summed E-state index contributed by atoms with van der Waals surface area (Å²) in [5.74, 6) is 0. The summed E-state index contributed by atoms with van der Waals surface area (Å²) in [5, 5.41) is 46.1. The average Bonchev–Trinajstić information content (AvgIpc) is 0.740. The normalized spacial score (nSPS) is 12.0. The number of hydrogen-bond acceptors (Lipinski definition) is 0. The molecule has 0 nitrogen and oxygen atoms in total. The Morgan fingerprint density at radius 1 is 0.0833 bits per heavy atom. The van der Waals surface area contributed by atoms with Gasteiger partial charge >= 0.3 is 0 Å². The summed E-state index contributed by atoms with van der Waals surface area (Å²) in [6, 6.07) is 163. The summed E-state index contributed by atoms with van der Waals surface area (Å²) in [5.41, 5.74) is 15.0. The molecule has 0 atom stereocenters. The summed E-state index contributed by atoms with van der Waals surface area (Å²) in [7, 11) is 0. The Hall–Kier alpha value is -15.6. The summed E-state index contributed by atoms with van der Waals surface area (Å²) >= 11 is 0. The van der Waals surface area contributed by atoms with Gasteiger partial charge in [-0.25, -0.2) is 0 Å². The van der Waals surface area contributed by atoms with Gasteiger partial charge < -0.3 is 0 Å². The lowest BCUT2D eigenvalue weighted by Crippen LogP contribution is -1.92. The van der Waals surface area contributed by atoms with Gasteiger partial charge in [0.1, 0.15) is 0 Å². The van der Waals surface area contributed by atoms with E-state index in [1.54, 1.807) is 0 Å². The minimum atomic E-state index is 1.22. The first-order valence-electron chi connectivity index (χ1n) is 41.8. The molecule has 120 heavy (non-hydrogen) atoms. The summed E-state index contributed by atoms with van der Waals surface area (Å²) in [6.07, 6.45) is 0. The van der Waals surface area contributed by atoms with E-state index in [0.717, 1.165) is 0 Å². The van der Waals surface area contributed by atoms with Crippen molar-refractivity contribution in [3.05, 3.63) is 437 Å². The maximum atomic E-state index is 2.44. The molecule has 0 aliphatic heterocycles. The van der Waals surface area contributed by atoms with Crippen LogP contribution < -0.4 is 0 Å². The highest BCUT2D eigenvalue weighted by Gasteiger charge is 2.23. The largest absolute Gasteiger partial charge is 0.0616 e. The van der Waals surface area contributed by atoms with Crippen molar-refractivity contribution in [2.75, 3.05) is 0 Å². The molecule has 0 amide bonds. The van der Waals surface area contributed by atoms with Crippen molar-refractivity contribution in [2.45, 2.75) is 0 Å². The quantitative estimate of drug-likeness (QED) is 0.115. The van der Waals surface area contributed by atoms with Crippen LogP contribution >= 0.6 is 0 Å². The van der Waals surface area contributed by atoms with E-state index in [4.69, 9.17) is 0 Å². The lowest BCUT2D eigenvalue weighted by Gasteiger charge is -2.19. The number of fused-ring (bicyclic) bond motifs is 29. The molecule has 0 radical (unpaired) electrons. The molecule has 0 aromatic heterocycles. The third kappa shape index (κ3) is 10.5. The van der Waals surface area contributed by atoms with E-state index in [-0.39, 0.29) is 0 Å². The fraction of sp³-hybridized carbons (Fsp3) is 0. The predicted molar refractivity (Wildman–Crippen MR) is 521 cm³/mol. The van der Waals surface area contributed by atoms with Crippen molar-refractivity contribution in [2.24, 2.45) is 0 Å². The van der Waals surface area contributed by atoms with E-state index >= 15 is 0 Å². The first-order chi connectivity index (χ1) is 59.5. The summed E-state index contributed by atoms with van der Waals surface area (Å²) < 4.78 is 0.